The average molecular weight is 473 g/mol. The number of fused-ring (bicyclic) bond motifs is 3. The lowest BCUT2D eigenvalue weighted by Gasteiger charge is -2.22. The lowest BCUT2D eigenvalue weighted by atomic mass is 9.91. The van der Waals surface area contributed by atoms with E-state index < -0.39 is 17.7 Å². The fourth-order valence-electron chi connectivity index (χ4n) is 5.42. The normalized spacial score (nSPS) is 18.9. The summed E-state index contributed by atoms with van der Waals surface area (Å²) in [5.41, 5.74) is 3.16. The zero-order valence-electron chi connectivity index (χ0n) is 18.7. The highest BCUT2D eigenvalue weighted by Gasteiger charge is 2.36. The number of benzene rings is 2. The van der Waals surface area contributed by atoms with Gasteiger partial charge in [-0.15, -0.1) is 0 Å². The summed E-state index contributed by atoms with van der Waals surface area (Å²) in [7, 11) is 0. The Kier molecular flexibility index (Phi) is 6.02. The molecule has 3 N–H and O–H groups in total. The van der Waals surface area contributed by atoms with Crippen molar-refractivity contribution in [1.29, 1.82) is 0 Å². The van der Waals surface area contributed by atoms with Gasteiger partial charge in [0.25, 0.3) is 0 Å². The van der Waals surface area contributed by atoms with Crippen molar-refractivity contribution in [3.8, 4) is 5.75 Å². The third-order valence-electron chi connectivity index (χ3n) is 7.03. The number of carboxylic acid groups (broad SMARTS) is 1. The van der Waals surface area contributed by atoms with E-state index >= 15 is 0 Å². The van der Waals surface area contributed by atoms with Gasteiger partial charge >= 0.3 is 12.1 Å². The van der Waals surface area contributed by atoms with Crippen LogP contribution in [0.1, 0.15) is 72.0 Å². The summed E-state index contributed by atoms with van der Waals surface area (Å²) in [4.78, 5) is 14.5. The van der Waals surface area contributed by atoms with Crippen LogP contribution in [-0.4, -0.2) is 22.6 Å². The van der Waals surface area contributed by atoms with Gasteiger partial charge in [-0.3, -0.25) is 4.79 Å². The number of hydrogen-bond donors (Lipinski definition) is 3. The second-order valence-corrected chi connectivity index (χ2v) is 9.27. The van der Waals surface area contributed by atoms with Gasteiger partial charge in [0.15, 0.2) is 0 Å². The van der Waals surface area contributed by atoms with Gasteiger partial charge in [-0.25, -0.2) is 0 Å². The Hall–Kier alpha value is -3.00. The smallest absolute Gasteiger partial charge is 0.416 e. The van der Waals surface area contributed by atoms with Crippen LogP contribution < -0.4 is 10.1 Å². The van der Waals surface area contributed by atoms with E-state index in [-0.39, 0.29) is 25.0 Å². The maximum absolute atomic E-state index is 13.8. The number of H-pyrrole nitrogens is 1. The molecule has 0 radical (unpaired) electrons. The van der Waals surface area contributed by atoms with E-state index in [2.05, 4.69) is 10.3 Å². The Morgan fingerprint density at radius 2 is 1.91 bits per heavy atom. The van der Waals surface area contributed by atoms with Crippen LogP contribution in [0.2, 0.25) is 0 Å². The molecule has 3 aromatic rings. The Morgan fingerprint density at radius 3 is 2.65 bits per heavy atom. The molecule has 8 heteroatoms. The Balaban J connectivity index is 1.37. The van der Waals surface area contributed by atoms with Gasteiger partial charge in [-0.05, 0) is 72.7 Å². The molecule has 5 rings (SSSR count). The second-order valence-electron chi connectivity index (χ2n) is 9.27. The van der Waals surface area contributed by atoms with Crippen molar-refractivity contribution in [2.24, 2.45) is 0 Å². The summed E-state index contributed by atoms with van der Waals surface area (Å²) in [6.07, 6.45) is -0.0757. The summed E-state index contributed by atoms with van der Waals surface area (Å²) >= 11 is 0. The van der Waals surface area contributed by atoms with E-state index in [1.807, 2.05) is 12.1 Å². The number of aromatic nitrogens is 1. The van der Waals surface area contributed by atoms with E-state index in [0.29, 0.717) is 23.4 Å². The number of aromatic amines is 1. The van der Waals surface area contributed by atoms with Crippen LogP contribution in [0.5, 0.6) is 5.75 Å². The topological polar surface area (TPSA) is 74.4 Å². The number of rotatable bonds is 6. The lowest BCUT2D eigenvalue weighted by Crippen LogP contribution is -2.31. The van der Waals surface area contributed by atoms with Crippen LogP contribution in [0.15, 0.2) is 36.4 Å². The molecule has 1 atom stereocenters. The Bertz CT molecular complexity index is 1210. The molecule has 1 fully saturated rings. The van der Waals surface area contributed by atoms with Crippen LogP contribution >= 0.6 is 0 Å². The summed E-state index contributed by atoms with van der Waals surface area (Å²) < 4.78 is 47.2. The van der Waals surface area contributed by atoms with Gasteiger partial charge < -0.3 is 20.1 Å². The highest BCUT2D eigenvalue weighted by Crippen LogP contribution is 2.42. The largest absolute Gasteiger partial charge is 0.489 e. The van der Waals surface area contributed by atoms with Crippen molar-refractivity contribution in [2.45, 2.75) is 63.3 Å². The molecular formula is C26H27F3N2O3. The van der Waals surface area contributed by atoms with Gasteiger partial charge in [0.05, 0.1) is 18.0 Å². The molecule has 180 valence electrons. The lowest BCUT2D eigenvalue weighted by molar-refractivity contribution is -0.139. The molecule has 0 saturated heterocycles. The van der Waals surface area contributed by atoms with Gasteiger partial charge in [0.2, 0.25) is 0 Å². The Labute approximate surface area is 195 Å². The molecule has 1 unspecified atom stereocenters. The monoisotopic (exact) mass is 472 g/mol. The molecule has 5 nitrogen and oxygen atoms in total. The van der Waals surface area contributed by atoms with Crippen molar-refractivity contribution < 1.29 is 27.8 Å². The first kappa shape index (κ1) is 22.8. The fraction of sp³-hybridized carbons (Fsp3) is 0.423. The standard InChI is InChI=1S/C26H27F3N2O3/c27-26(28,29)21-11-15(5-7-18(21)16-3-1-2-4-16)14-34-17-6-8-22-20(12-17)19-9-10-30-23(13-24(32)33)25(19)31-22/h5-8,11-12,16,23,30-31H,1-4,9-10,13-14H2,(H,32,33). The fourth-order valence-corrected chi connectivity index (χ4v) is 5.42. The van der Waals surface area contributed by atoms with Crippen molar-refractivity contribution in [3.63, 3.8) is 0 Å². The first-order valence-corrected chi connectivity index (χ1v) is 11.7. The number of carbonyl (C=O) groups is 1. The van der Waals surface area contributed by atoms with Crippen molar-refractivity contribution in [3.05, 3.63) is 64.3 Å². The van der Waals surface area contributed by atoms with Crippen molar-refractivity contribution >= 4 is 16.9 Å². The highest BCUT2D eigenvalue weighted by atomic mass is 19.4. The number of halogens is 3. The molecule has 2 aliphatic rings. The third kappa shape index (κ3) is 4.51. The second kappa shape index (κ2) is 8.98. The van der Waals surface area contributed by atoms with Crippen LogP contribution in [0.3, 0.4) is 0 Å². The summed E-state index contributed by atoms with van der Waals surface area (Å²) in [6.45, 7) is 0.714. The molecule has 34 heavy (non-hydrogen) atoms. The van der Waals surface area contributed by atoms with Crippen LogP contribution in [0, 0.1) is 0 Å². The van der Waals surface area contributed by atoms with E-state index in [4.69, 9.17) is 4.74 Å². The first-order chi connectivity index (χ1) is 16.3. The summed E-state index contributed by atoms with van der Waals surface area (Å²) in [5, 5.41) is 13.4. The maximum atomic E-state index is 13.8. The quantitative estimate of drug-likeness (QED) is 0.406. The van der Waals surface area contributed by atoms with Gasteiger partial charge in [-0.1, -0.05) is 25.0 Å². The zero-order chi connectivity index (χ0) is 23.9. The molecule has 2 heterocycles. The molecule has 1 aliphatic carbocycles. The SMILES string of the molecule is O=C(O)CC1NCCc2c1[nH]c1ccc(OCc3ccc(C4CCCC4)c(C(F)(F)F)c3)cc21. The van der Waals surface area contributed by atoms with Crippen LogP contribution in [-0.2, 0) is 24.0 Å². The minimum atomic E-state index is -4.39. The predicted molar refractivity (Wildman–Crippen MR) is 122 cm³/mol. The van der Waals surface area contributed by atoms with E-state index in [0.717, 1.165) is 54.3 Å². The minimum absolute atomic E-state index is 0.0123. The van der Waals surface area contributed by atoms with Crippen LogP contribution in [0.4, 0.5) is 13.2 Å². The molecule has 1 saturated carbocycles. The third-order valence-corrected chi connectivity index (χ3v) is 7.03. The summed E-state index contributed by atoms with van der Waals surface area (Å²) in [5.74, 6) is -0.325. The summed E-state index contributed by atoms with van der Waals surface area (Å²) in [6, 6.07) is 9.84. The van der Waals surface area contributed by atoms with Crippen molar-refractivity contribution in [1.82, 2.24) is 10.3 Å². The number of hydrogen-bond acceptors (Lipinski definition) is 3. The molecular weight excluding hydrogens is 445 g/mol. The highest BCUT2D eigenvalue weighted by molar-refractivity contribution is 5.86. The molecule has 1 aromatic heterocycles. The van der Waals surface area contributed by atoms with E-state index in [1.165, 1.54) is 6.07 Å². The zero-order valence-corrected chi connectivity index (χ0v) is 18.7. The molecule has 0 bridgehead atoms. The molecule has 2 aromatic carbocycles. The number of nitrogens with one attached hydrogen (secondary N) is 2. The average Bonchev–Trinajstić information content (AvgIpc) is 3.45. The Morgan fingerprint density at radius 1 is 1.12 bits per heavy atom. The minimum Gasteiger partial charge on any atom is -0.489 e. The van der Waals surface area contributed by atoms with Crippen LogP contribution in [0.25, 0.3) is 10.9 Å². The molecule has 0 spiro atoms. The number of carboxylic acids is 1. The van der Waals surface area contributed by atoms with Gasteiger partial charge in [-0.2, -0.15) is 13.2 Å². The van der Waals surface area contributed by atoms with E-state index in [1.54, 1.807) is 18.2 Å². The van der Waals surface area contributed by atoms with Gasteiger partial charge in [0.1, 0.15) is 12.4 Å². The van der Waals surface area contributed by atoms with E-state index in [9.17, 15) is 23.1 Å². The van der Waals surface area contributed by atoms with Gasteiger partial charge in [0, 0.05) is 16.6 Å². The maximum Gasteiger partial charge on any atom is 0.416 e. The molecule has 0 amide bonds. The van der Waals surface area contributed by atoms with Crippen molar-refractivity contribution in [2.75, 3.05) is 6.54 Å². The number of aliphatic carboxylic acids is 1. The number of ether oxygens (including phenoxy) is 1. The predicted octanol–water partition coefficient (Wildman–Crippen LogP) is 6.08. The first-order valence-electron chi connectivity index (χ1n) is 11.7. The molecule has 1 aliphatic heterocycles. The number of alkyl halides is 3.